The van der Waals surface area contributed by atoms with Gasteiger partial charge in [0.05, 0.1) is 0 Å². The summed E-state index contributed by atoms with van der Waals surface area (Å²) in [7, 11) is 0. The largest absolute Gasteiger partial charge is 2.00 e. The molecule has 1 radical (unpaired) electrons. The van der Waals surface area contributed by atoms with E-state index in [1.165, 1.54) is 0 Å². The molecule has 0 fully saturated rings. The minimum atomic E-state index is -0.0833. The summed E-state index contributed by atoms with van der Waals surface area (Å²) in [6.45, 7) is 0. The van der Waals surface area contributed by atoms with Crippen LogP contribution in [0.5, 0.6) is 0 Å². The van der Waals surface area contributed by atoms with E-state index in [0.29, 0.717) is 0 Å². The Balaban J connectivity index is -0.00000000450. The molecular weight excluding hydrogens is 304 g/mol. The molecule has 7 nitrogen and oxygen atoms in total. The van der Waals surface area contributed by atoms with E-state index in [9.17, 15) is 0 Å². The number of hydrogen-bond donors (Lipinski definition) is 3. The van der Waals surface area contributed by atoms with Gasteiger partial charge in [0.15, 0.2) is 0 Å². The molecule has 0 aliphatic heterocycles. The van der Waals surface area contributed by atoms with E-state index in [0.717, 1.165) is 0 Å². The Hall–Kier alpha value is -0.228. The van der Waals surface area contributed by atoms with Gasteiger partial charge in [-0.3, -0.25) is 16.9 Å². The molecule has 0 atom stereocenters. The zero-order valence-electron chi connectivity index (χ0n) is 4.24. The Morgan fingerprint density at radius 3 is 0.889 bits per heavy atom. The van der Waals surface area contributed by atoms with E-state index in [-0.39, 0.29) is 48.3 Å². The maximum atomic E-state index is 4.58. The standard InChI is InChI=1S/CH5N3.4O.Re/c2-1(3)4;;;;;/h(H5,2,3,4);;;;;/q;4*-2;/p+1. The molecule has 0 heterocycles. The third-order valence-corrected chi connectivity index (χ3v) is 0. The summed E-state index contributed by atoms with van der Waals surface area (Å²) < 4.78 is 0. The van der Waals surface area contributed by atoms with E-state index in [2.05, 4.69) is 16.9 Å². The van der Waals surface area contributed by atoms with Gasteiger partial charge in [0.2, 0.25) is 0 Å². The summed E-state index contributed by atoms with van der Waals surface area (Å²) in [4.78, 5) is 0. The van der Waals surface area contributed by atoms with Crippen molar-refractivity contribution >= 4 is 5.96 Å². The van der Waals surface area contributed by atoms with Gasteiger partial charge in [-0.05, 0) is 0 Å². The fourth-order valence-corrected chi connectivity index (χ4v) is 0. The third-order valence-electron chi connectivity index (χ3n) is 0. The minimum absolute atomic E-state index is 0. The van der Waals surface area contributed by atoms with Crippen molar-refractivity contribution < 1.29 is 47.7 Å². The van der Waals surface area contributed by atoms with Gasteiger partial charge >= 0.3 is 5.96 Å². The quantitative estimate of drug-likeness (QED) is 0.309. The molecule has 0 bridgehead atoms. The van der Waals surface area contributed by atoms with Crippen LogP contribution in [0.3, 0.4) is 0 Å². The monoisotopic (exact) mass is 311 g/mol. The van der Waals surface area contributed by atoms with Crippen LogP contribution in [0.2, 0.25) is 0 Å². The molecule has 6 N–H and O–H groups in total. The van der Waals surface area contributed by atoms with Crippen molar-refractivity contribution in [2.75, 3.05) is 0 Å². The van der Waals surface area contributed by atoms with Crippen LogP contribution in [-0.2, 0) is 42.3 Å². The van der Waals surface area contributed by atoms with Crippen molar-refractivity contribution in [3.63, 3.8) is 0 Å². The Morgan fingerprint density at radius 1 is 0.889 bits per heavy atom. The van der Waals surface area contributed by atoms with Gasteiger partial charge in [-0.1, -0.05) is 0 Å². The fraction of sp³-hybridized carbons (Fsp3) is 0. The van der Waals surface area contributed by atoms with Crippen LogP contribution >= 0.6 is 0 Å². The number of rotatable bonds is 0. The predicted molar refractivity (Wildman–Crippen MR) is 18.1 cm³/mol. The topological polar surface area (TPSA) is 192 Å². The molecule has 0 saturated heterocycles. The van der Waals surface area contributed by atoms with E-state index in [4.69, 9.17) is 0 Å². The van der Waals surface area contributed by atoms with E-state index < -0.39 is 0 Å². The van der Waals surface area contributed by atoms with E-state index >= 15 is 0 Å². The molecule has 0 aliphatic carbocycles. The summed E-state index contributed by atoms with van der Waals surface area (Å²) in [5, 5.41) is 4.58. The predicted octanol–water partition coefficient (Wildman–Crippen LogP) is -3.46. The number of nitrogens with two attached hydrogens (primary N) is 3. The molecule has 0 amide bonds. The van der Waals surface area contributed by atoms with Crippen molar-refractivity contribution in [1.29, 1.82) is 0 Å². The molecule has 0 aromatic heterocycles. The zero-order valence-corrected chi connectivity index (χ0v) is 6.96. The van der Waals surface area contributed by atoms with Crippen molar-refractivity contribution in [2.45, 2.75) is 0 Å². The second-order valence-corrected chi connectivity index (χ2v) is 0.500. The SMILES string of the molecule is NC(N)=[NH2+].[O-2].[O-2].[O-2].[O-2].[Re]. The minimum Gasteiger partial charge on any atom is -2.00 e. The molecule has 0 spiro atoms. The van der Waals surface area contributed by atoms with E-state index in [1.54, 1.807) is 0 Å². The first-order chi connectivity index (χ1) is 1.73. The van der Waals surface area contributed by atoms with Gasteiger partial charge in [-0.15, -0.1) is 0 Å². The summed E-state index contributed by atoms with van der Waals surface area (Å²) in [6, 6.07) is 0. The molecule has 0 aromatic carbocycles. The third kappa shape index (κ3) is 5000. The summed E-state index contributed by atoms with van der Waals surface area (Å²) in [6.07, 6.45) is 0. The molecule has 0 rings (SSSR count). The maximum absolute atomic E-state index is 4.58. The van der Waals surface area contributed by atoms with Gasteiger partial charge < -0.3 is 21.9 Å². The van der Waals surface area contributed by atoms with Crippen LogP contribution in [-0.4, -0.2) is 5.96 Å². The average molecular weight is 310 g/mol. The second-order valence-electron chi connectivity index (χ2n) is 0.500. The van der Waals surface area contributed by atoms with Gasteiger partial charge in [0.25, 0.3) is 0 Å². The Bertz CT molecular complexity index is 38.8. The zero-order chi connectivity index (χ0) is 3.58. The average Bonchev–Trinajstić information content (AvgIpc) is 0.811. The first kappa shape index (κ1) is 68.9. The van der Waals surface area contributed by atoms with Crippen molar-refractivity contribution in [3.05, 3.63) is 0 Å². The molecule has 8 heteroatoms. The van der Waals surface area contributed by atoms with Gasteiger partial charge in [0.1, 0.15) is 0 Å². The number of hydrogen-bond acceptors (Lipinski definition) is 0. The van der Waals surface area contributed by atoms with Crippen LogP contribution in [0.4, 0.5) is 0 Å². The molecule has 0 aromatic rings. The van der Waals surface area contributed by atoms with E-state index in [1.807, 2.05) is 0 Å². The number of guanidine groups is 1. The van der Waals surface area contributed by atoms with Crippen molar-refractivity contribution in [2.24, 2.45) is 11.5 Å². The summed E-state index contributed by atoms with van der Waals surface area (Å²) in [5.41, 5.74) is 9.17. The Labute approximate surface area is 65.8 Å². The van der Waals surface area contributed by atoms with Crippen LogP contribution in [0.25, 0.3) is 0 Å². The molecular formula is CH6N3O4Re-7. The molecule has 63 valence electrons. The Kier molecular flexibility index (Phi) is 355. The second kappa shape index (κ2) is 46.4. The first-order valence-corrected chi connectivity index (χ1v) is 0.866. The normalized spacial score (nSPS) is 2.67. The van der Waals surface area contributed by atoms with Crippen molar-refractivity contribution in [3.8, 4) is 0 Å². The molecule has 9 heavy (non-hydrogen) atoms. The van der Waals surface area contributed by atoms with Gasteiger partial charge in [0, 0.05) is 20.4 Å². The molecule has 0 unspecified atom stereocenters. The van der Waals surface area contributed by atoms with Crippen LogP contribution in [0.15, 0.2) is 0 Å². The van der Waals surface area contributed by atoms with Crippen molar-refractivity contribution in [1.82, 2.24) is 0 Å². The summed E-state index contributed by atoms with van der Waals surface area (Å²) in [5.74, 6) is -0.0833. The first-order valence-electron chi connectivity index (χ1n) is 0.866. The fourth-order valence-electron chi connectivity index (χ4n) is 0. The van der Waals surface area contributed by atoms with Crippen LogP contribution < -0.4 is 16.9 Å². The van der Waals surface area contributed by atoms with Crippen LogP contribution in [0.1, 0.15) is 0 Å². The van der Waals surface area contributed by atoms with Gasteiger partial charge in [-0.25, -0.2) is 0 Å². The van der Waals surface area contributed by atoms with Gasteiger partial charge in [-0.2, -0.15) is 0 Å². The summed E-state index contributed by atoms with van der Waals surface area (Å²) >= 11 is 0. The molecule has 0 aliphatic rings. The van der Waals surface area contributed by atoms with Crippen LogP contribution in [0, 0.1) is 0 Å². The smallest absolute Gasteiger partial charge is 0.336 e. The molecule has 0 saturated carbocycles. The Morgan fingerprint density at radius 2 is 0.889 bits per heavy atom. The maximum Gasteiger partial charge on any atom is 0.336 e.